The van der Waals surface area contributed by atoms with Crippen molar-refractivity contribution in [2.24, 2.45) is 0 Å². The summed E-state index contributed by atoms with van der Waals surface area (Å²) in [5, 5.41) is 7.41. The summed E-state index contributed by atoms with van der Waals surface area (Å²) in [6, 6.07) is 19.2. The van der Waals surface area contributed by atoms with Crippen LogP contribution >= 0.6 is 0 Å². The zero-order valence-corrected chi connectivity index (χ0v) is 25.3. The third-order valence-electron chi connectivity index (χ3n) is 7.21. The quantitative estimate of drug-likeness (QED) is 0.435. The molecule has 1 aliphatic heterocycles. The summed E-state index contributed by atoms with van der Waals surface area (Å²) in [4.78, 5) is 40.0. The Balaban J connectivity index is 1.58. The Kier molecular flexibility index (Phi) is 10.5. The highest BCUT2D eigenvalue weighted by Crippen LogP contribution is 2.26. The van der Waals surface area contributed by atoms with E-state index in [1.54, 1.807) is 43.5 Å². The van der Waals surface area contributed by atoms with Gasteiger partial charge in [0.25, 0.3) is 5.91 Å². The van der Waals surface area contributed by atoms with Crippen molar-refractivity contribution in [3.05, 3.63) is 78.0 Å². The Labute approximate surface area is 248 Å². The van der Waals surface area contributed by atoms with Gasteiger partial charge in [-0.3, -0.25) is 14.7 Å². The largest absolute Gasteiger partial charge is 0.491 e. The molecule has 42 heavy (non-hydrogen) atoms. The predicted molar refractivity (Wildman–Crippen MR) is 164 cm³/mol. The summed E-state index contributed by atoms with van der Waals surface area (Å²) in [5.41, 5.74) is 4.06. The Bertz CT molecular complexity index is 1330. The molecule has 1 aromatic heterocycles. The molecular weight excluding hydrogens is 532 g/mol. The van der Waals surface area contributed by atoms with Crippen LogP contribution in [0.25, 0.3) is 11.3 Å². The fraction of sp³-hybridized carbons (Fsp3) is 0.406. The number of hydrogen-bond donors (Lipinski definition) is 2. The number of hydrogen-bond acceptors (Lipinski definition) is 7. The van der Waals surface area contributed by atoms with Crippen molar-refractivity contribution in [2.45, 2.75) is 52.4 Å². The number of pyridine rings is 1. The Morgan fingerprint density at radius 1 is 1.10 bits per heavy atom. The van der Waals surface area contributed by atoms with Gasteiger partial charge in [0.1, 0.15) is 12.4 Å². The smallest absolute Gasteiger partial charge is 0.319 e. The highest BCUT2D eigenvalue weighted by atomic mass is 16.7. The first-order valence-corrected chi connectivity index (χ1v) is 14.3. The zero-order valence-electron chi connectivity index (χ0n) is 25.3. The Morgan fingerprint density at radius 2 is 1.86 bits per heavy atom. The minimum Gasteiger partial charge on any atom is -0.491 e. The lowest BCUT2D eigenvalue weighted by atomic mass is 10.1. The molecule has 10 nitrogen and oxygen atoms in total. The fourth-order valence-corrected chi connectivity index (χ4v) is 4.88. The monoisotopic (exact) mass is 574 g/mol. The number of hydroxylamine groups is 2. The van der Waals surface area contributed by atoms with E-state index in [9.17, 15) is 9.59 Å². The number of anilines is 1. The van der Waals surface area contributed by atoms with Gasteiger partial charge in [-0.15, -0.1) is 0 Å². The van der Waals surface area contributed by atoms with Gasteiger partial charge >= 0.3 is 6.03 Å². The summed E-state index contributed by atoms with van der Waals surface area (Å²) in [6.45, 7) is 10.0. The fourth-order valence-electron chi connectivity index (χ4n) is 4.88. The van der Waals surface area contributed by atoms with E-state index < -0.39 is 0 Å². The average Bonchev–Trinajstić information content (AvgIpc) is 2.98. The molecule has 3 aromatic rings. The van der Waals surface area contributed by atoms with Gasteiger partial charge in [0.2, 0.25) is 0 Å². The van der Waals surface area contributed by atoms with E-state index in [4.69, 9.17) is 9.57 Å². The molecule has 0 unspecified atom stereocenters. The number of nitrogens with one attached hydrogen (secondary N) is 2. The van der Waals surface area contributed by atoms with E-state index >= 15 is 0 Å². The minimum atomic E-state index is -0.337. The van der Waals surface area contributed by atoms with Crippen molar-refractivity contribution in [3.63, 3.8) is 0 Å². The van der Waals surface area contributed by atoms with Gasteiger partial charge in [0.05, 0.1) is 25.0 Å². The molecule has 0 fully saturated rings. The van der Waals surface area contributed by atoms with Gasteiger partial charge in [-0.2, -0.15) is 5.06 Å². The topological polar surface area (TPSA) is 99.3 Å². The molecule has 2 aromatic carbocycles. The molecule has 0 bridgehead atoms. The first kappa shape index (κ1) is 31.0. The van der Waals surface area contributed by atoms with Crippen LogP contribution in [0.1, 0.15) is 43.6 Å². The highest BCUT2D eigenvalue weighted by molar-refractivity contribution is 5.99. The molecule has 0 spiro atoms. The van der Waals surface area contributed by atoms with Crippen LogP contribution in [0.5, 0.6) is 5.75 Å². The molecule has 1 aliphatic rings. The summed E-state index contributed by atoms with van der Waals surface area (Å²) >= 11 is 0. The lowest BCUT2D eigenvalue weighted by Gasteiger charge is -2.37. The lowest BCUT2D eigenvalue weighted by Crippen LogP contribution is -2.50. The molecule has 2 N–H and O–H groups in total. The summed E-state index contributed by atoms with van der Waals surface area (Å²) in [5.74, 6) is 0.232. The van der Waals surface area contributed by atoms with Gasteiger partial charge < -0.3 is 25.1 Å². The number of rotatable bonds is 6. The van der Waals surface area contributed by atoms with E-state index in [0.717, 1.165) is 11.3 Å². The number of fused-ring (bicyclic) bond motifs is 1. The SMILES string of the molecule is CON1CN(C)C(=O)c2cc(NC(=O)NC(C)C)ccc2OC[C@H](C)N(Cc2ccc(-c3ccccn3)cc2)C[C@@H]1C. The molecule has 4 rings (SSSR count). The van der Waals surface area contributed by atoms with E-state index in [1.807, 2.05) is 37.1 Å². The molecule has 2 atom stereocenters. The molecule has 0 saturated heterocycles. The number of amides is 3. The van der Waals surface area contributed by atoms with Crippen LogP contribution in [0.2, 0.25) is 0 Å². The molecular formula is C32H42N6O4. The minimum absolute atomic E-state index is 0.0179. The molecule has 3 amide bonds. The normalized spacial score (nSPS) is 18.9. The van der Waals surface area contributed by atoms with Gasteiger partial charge in [0.15, 0.2) is 0 Å². The first-order valence-electron chi connectivity index (χ1n) is 14.3. The van der Waals surface area contributed by atoms with Gasteiger partial charge in [-0.05, 0) is 63.6 Å². The molecule has 0 aliphatic carbocycles. The highest BCUT2D eigenvalue weighted by Gasteiger charge is 2.27. The third-order valence-corrected chi connectivity index (χ3v) is 7.21. The van der Waals surface area contributed by atoms with Crippen molar-refractivity contribution < 1.29 is 19.2 Å². The van der Waals surface area contributed by atoms with E-state index in [1.165, 1.54) is 5.56 Å². The molecule has 10 heteroatoms. The standard InChI is InChI=1S/C32H42N6O4/c1-22(2)34-32(40)35-27-14-15-30-28(17-27)31(39)36(5)21-38(41-6)23(3)18-37(24(4)20-42-30)19-25-10-12-26(13-11-25)29-9-7-8-16-33-29/h7-17,22-24H,18-21H2,1-6H3,(H2,34,35,40)/t23-,24-/m0/s1. The van der Waals surface area contributed by atoms with E-state index in [2.05, 4.69) is 58.6 Å². The van der Waals surface area contributed by atoms with Crippen molar-refractivity contribution in [1.29, 1.82) is 0 Å². The molecule has 2 heterocycles. The van der Waals surface area contributed by atoms with Crippen LogP contribution in [0.15, 0.2) is 66.9 Å². The molecule has 224 valence electrons. The first-order chi connectivity index (χ1) is 20.1. The number of carbonyl (C=O) groups is 2. The molecule has 0 saturated carbocycles. The number of aromatic nitrogens is 1. The maximum atomic E-state index is 13.6. The number of nitrogens with zero attached hydrogens (tertiary/aromatic N) is 4. The second kappa shape index (κ2) is 14.3. The Morgan fingerprint density at radius 3 is 2.52 bits per heavy atom. The van der Waals surface area contributed by atoms with Crippen LogP contribution in [-0.4, -0.2) is 83.9 Å². The zero-order chi connectivity index (χ0) is 30.2. The number of carbonyl (C=O) groups excluding carboxylic acids is 2. The third kappa shape index (κ3) is 8.06. The number of benzene rings is 2. The summed E-state index contributed by atoms with van der Waals surface area (Å²) < 4.78 is 6.28. The maximum absolute atomic E-state index is 13.6. The summed E-state index contributed by atoms with van der Waals surface area (Å²) in [7, 11) is 3.35. The molecule has 0 radical (unpaired) electrons. The van der Waals surface area contributed by atoms with Gasteiger partial charge in [0, 0.05) is 55.7 Å². The van der Waals surface area contributed by atoms with Crippen molar-refractivity contribution in [1.82, 2.24) is 25.2 Å². The van der Waals surface area contributed by atoms with Crippen molar-refractivity contribution >= 4 is 17.6 Å². The van der Waals surface area contributed by atoms with Crippen LogP contribution in [0.4, 0.5) is 10.5 Å². The van der Waals surface area contributed by atoms with Crippen molar-refractivity contribution in [2.75, 3.05) is 39.3 Å². The van der Waals surface area contributed by atoms with Crippen molar-refractivity contribution in [3.8, 4) is 17.0 Å². The second-order valence-corrected chi connectivity index (χ2v) is 11.1. The van der Waals surface area contributed by atoms with Crippen LogP contribution in [0.3, 0.4) is 0 Å². The average molecular weight is 575 g/mol. The van der Waals surface area contributed by atoms with Gasteiger partial charge in [-0.1, -0.05) is 30.3 Å². The number of urea groups is 1. The Hall–Kier alpha value is -3.99. The predicted octanol–water partition coefficient (Wildman–Crippen LogP) is 4.84. The van der Waals surface area contributed by atoms with E-state index in [-0.39, 0.29) is 36.7 Å². The maximum Gasteiger partial charge on any atom is 0.319 e. The van der Waals surface area contributed by atoms with E-state index in [0.29, 0.717) is 36.7 Å². The van der Waals surface area contributed by atoms with Crippen LogP contribution in [-0.2, 0) is 11.4 Å². The number of ether oxygens (including phenoxy) is 1. The summed E-state index contributed by atoms with van der Waals surface area (Å²) in [6.07, 6.45) is 1.80. The van der Waals surface area contributed by atoms with Crippen LogP contribution < -0.4 is 15.4 Å². The second-order valence-electron chi connectivity index (χ2n) is 11.1. The lowest BCUT2D eigenvalue weighted by molar-refractivity contribution is -0.180. The van der Waals surface area contributed by atoms with Gasteiger partial charge in [-0.25, -0.2) is 4.79 Å². The van der Waals surface area contributed by atoms with Crippen LogP contribution in [0, 0.1) is 0 Å².